The molecule has 1 unspecified atom stereocenters. The van der Waals surface area contributed by atoms with E-state index in [0.717, 1.165) is 28.3 Å². The number of aryl methyl sites for hydroxylation is 1. The number of nitrogens with two attached hydrogens (primary N) is 1. The molecule has 0 amide bonds. The fraction of sp³-hybridized carbons (Fsp3) is 0.348. The van der Waals surface area contributed by atoms with Gasteiger partial charge in [0, 0.05) is 31.0 Å². The maximum atomic E-state index is 9.86. The number of hydrogen-bond acceptors (Lipinski definition) is 5. The number of rotatable bonds is 4. The van der Waals surface area contributed by atoms with E-state index in [9.17, 15) is 5.26 Å². The summed E-state index contributed by atoms with van der Waals surface area (Å²) in [6.45, 7) is 4.18. The van der Waals surface area contributed by atoms with Crippen molar-refractivity contribution in [3.05, 3.63) is 70.8 Å². The maximum absolute atomic E-state index is 9.86. The SMILES string of the molecule is CC(C)c1nn(C)c2c1C(c1ccc(-n3ccnc3C3CC3)cc1)C(C#N)=C(N)O2. The Kier molecular flexibility index (Phi) is 4.17. The summed E-state index contributed by atoms with van der Waals surface area (Å²) in [6, 6.07) is 10.6. The number of fused-ring (bicyclic) bond motifs is 1. The van der Waals surface area contributed by atoms with Crippen molar-refractivity contribution in [1.29, 1.82) is 5.26 Å². The van der Waals surface area contributed by atoms with Crippen LogP contribution in [-0.4, -0.2) is 19.3 Å². The van der Waals surface area contributed by atoms with Crippen molar-refractivity contribution in [2.45, 2.75) is 44.4 Å². The van der Waals surface area contributed by atoms with Crippen LogP contribution in [0.3, 0.4) is 0 Å². The lowest BCUT2D eigenvalue weighted by molar-refractivity contribution is 0.358. The molecule has 30 heavy (non-hydrogen) atoms. The second-order valence-corrected chi connectivity index (χ2v) is 8.33. The lowest BCUT2D eigenvalue weighted by Crippen LogP contribution is -2.22. The van der Waals surface area contributed by atoms with Gasteiger partial charge in [0.2, 0.25) is 11.8 Å². The van der Waals surface area contributed by atoms with E-state index in [1.165, 1.54) is 12.8 Å². The molecule has 3 heterocycles. The average Bonchev–Trinajstić information content (AvgIpc) is 3.37. The first-order valence-corrected chi connectivity index (χ1v) is 10.3. The predicted molar refractivity (Wildman–Crippen MR) is 112 cm³/mol. The largest absolute Gasteiger partial charge is 0.422 e. The molecule has 2 aliphatic rings. The molecule has 0 saturated heterocycles. The first-order chi connectivity index (χ1) is 14.5. The predicted octanol–water partition coefficient (Wildman–Crippen LogP) is 3.82. The number of nitrogens with zero attached hydrogens (tertiary/aromatic N) is 5. The molecule has 2 aromatic heterocycles. The molecular formula is C23H24N6O. The fourth-order valence-corrected chi connectivity index (χ4v) is 4.27. The average molecular weight is 400 g/mol. The van der Waals surface area contributed by atoms with Crippen molar-refractivity contribution in [2.75, 3.05) is 0 Å². The fourth-order valence-electron chi connectivity index (χ4n) is 4.27. The van der Waals surface area contributed by atoms with Crippen LogP contribution in [0.1, 0.15) is 67.1 Å². The minimum Gasteiger partial charge on any atom is -0.422 e. The molecule has 7 nitrogen and oxygen atoms in total. The smallest absolute Gasteiger partial charge is 0.224 e. The van der Waals surface area contributed by atoms with Gasteiger partial charge in [0.25, 0.3) is 0 Å². The molecule has 3 aromatic rings. The Morgan fingerprint density at radius 2 is 1.97 bits per heavy atom. The second-order valence-electron chi connectivity index (χ2n) is 8.33. The number of ether oxygens (including phenoxy) is 1. The van der Waals surface area contributed by atoms with Gasteiger partial charge in [-0.05, 0) is 36.5 Å². The third-order valence-corrected chi connectivity index (χ3v) is 5.89. The van der Waals surface area contributed by atoms with Crippen LogP contribution in [-0.2, 0) is 7.05 Å². The van der Waals surface area contributed by atoms with Crippen molar-refractivity contribution in [3.8, 4) is 17.6 Å². The minimum absolute atomic E-state index is 0.142. The van der Waals surface area contributed by atoms with Gasteiger partial charge in [0.15, 0.2) is 0 Å². The normalized spacial score (nSPS) is 18.3. The van der Waals surface area contributed by atoms with E-state index in [1.54, 1.807) is 4.68 Å². The van der Waals surface area contributed by atoms with E-state index in [4.69, 9.17) is 10.5 Å². The molecule has 0 bridgehead atoms. The molecule has 1 atom stereocenters. The summed E-state index contributed by atoms with van der Waals surface area (Å²) in [6.07, 6.45) is 6.27. The van der Waals surface area contributed by atoms with Gasteiger partial charge in [-0.15, -0.1) is 0 Å². The Morgan fingerprint density at radius 1 is 1.23 bits per heavy atom. The van der Waals surface area contributed by atoms with E-state index in [-0.39, 0.29) is 17.7 Å². The minimum atomic E-state index is -0.301. The molecule has 0 spiro atoms. The van der Waals surface area contributed by atoms with Crippen LogP contribution in [0, 0.1) is 11.3 Å². The summed E-state index contributed by atoms with van der Waals surface area (Å²) < 4.78 is 9.66. The van der Waals surface area contributed by atoms with Crippen LogP contribution >= 0.6 is 0 Å². The zero-order valence-electron chi connectivity index (χ0n) is 17.3. The molecule has 2 N–H and O–H groups in total. The molecule has 1 aliphatic heterocycles. The number of allylic oxidation sites excluding steroid dienone is 1. The van der Waals surface area contributed by atoms with E-state index in [2.05, 4.69) is 58.8 Å². The highest BCUT2D eigenvalue weighted by molar-refractivity contribution is 5.56. The first kappa shape index (κ1) is 18.5. The quantitative estimate of drug-likeness (QED) is 0.718. The van der Waals surface area contributed by atoms with Crippen LogP contribution in [0.4, 0.5) is 0 Å². The molecule has 152 valence electrons. The van der Waals surface area contributed by atoms with Gasteiger partial charge >= 0.3 is 0 Å². The number of aromatic nitrogens is 4. The van der Waals surface area contributed by atoms with E-state index in [0.29, 0.717) is 17.4 Å². The van der Waals surface area contributed by atoms with E-state index < -0.39 is 0 Å². The van der Waals surface area contributed by atoms with E-state index in [1.807, 2.05) is 19.4 Å². The third kappa shape index (κ3) is 2.79. The standard InChI is InChI=1S/C23H24N6O/c1-13(2)20-19-18(17(12-24)21(25)30-23(19)28(3)27-20)14-6-8-16(9-7-14)29-11-10-26-22(29)15-4-5-15/h6-11,13,15,18H,4-5,25H2,1-3H3. The highest BCUT2D eigenvalue weighted by atomic mass is 16.5. The lowest BCUT2D eigenvalue weighted by Gasteiger charge is -2.25. The molecule has 1 aliphatic carbocycles. The Bertz CT molecular complexity index is 1190. The van der Waals surface area contributed by atoms with Crippen LogP contribution in [0.15, 0.2) is 48.1 Å². The van der Waals surface area contributed by atoms with Crippen molar-refractivity contribution in [3.63, 3.8) is 0 Å². The number of nitriles is 1. The number of imidazole rings is 1. The van der Waals surface area contributed by atoms with Crippen molar-refractivity contribution >= 4 is 0 Å². The zero-order chi connectivity index (χ0) is 21.0. The first-order valence-electron chi connectivity index (χ1n) is 10.3. The summed E-state index contributed by atoms with van der Waals surface area (Å²) in [5.41, 5.74) is 10.5. The molecule has 5 rings (SSSR count). The van der Waals surface area contributed by atoms with Crippen molar-refractivity contribution in [1.82, 2.24) is 19.3 Å². The van der Waals surface area contributed by atoms with Gasteiger partial charge in [-0.25, -0.2) is 9.67 Å². The summed E-state index contributed by atoms with van der Waals surface area (Å²) in [4.78, 5) is 4.53. The topological polar surface area (TPSA) is 94.7 Å². The summed E-state index contributed by atoms with van der Waals surface area (Å²) in [5, 5.41) is 14.5. The molecule has 1 saturated carbocycles. The zero-order valence-corrected chi connectivity index (χ0v) is 17.3. The van der Waals surface area contributed by atoms with Gasteiger partial charge in [-0.2, -0.15) is 10.4 Å². The van der Waals surface area contributed by atoms with Gasteiger partial charge in [-0.1, -0.05) is 26.0 Å². The molecular weight excluding hydrogens is 376 g/mol. The third-order valence-electron chi connectivity index (χ3n) is 5.89. The van der Waals surface area contributed by atoms with Crippen LogP contribution < -0.4 is 10.5 Å². The summed E-state index contributed by atoms with van der Waals surface area (Å²) >= 11 is 0. The Hall–Kier alpha value is -3.53. The van der Waals surface area contributed by atoms with Crippen molar-refractivity contribution < 1.29 is 4.74 Å². The molecule has 0 radical (unpaired) electrons. The lowest BCUT2D eigenvalue weighted by atomic mass is 9.82. The highest BCUT2D eigenvalue weighted by Crippen LogP contribution is 2.45. The van der Waals surface area contributed by atoms with Gasteiger partial charge in [0.1, 0.15) is 17.5 Å². The summed E-state index contributed by atoms with van der Waals surface area (Å²) in [7, 11) is 1.84. The van der Waals surface area contributed by atoms with Crippen LogP contribution in [0.5, 0.6) is 5.88 Å². The molecule has 7 heteroatoms. The maximum Gasteiger partial charge on any atom is 0.224 e. The molecule has 1 fully saturated rings. The molecule has 1 aromatic carbocycles. The second kappa shape index (κ2) is 6.77. The Morgan fingerprint density at radius 3 is 2.60 bits per heavy atom. The van der Waals surface area contributed by atoms with Crippen LogP contribution in [0.2, 0.25) is 0 Å². The highest BCUT2D eigenvalue weighted by Gasteiger charge is 2.37. The monoisotopic (exact) mass is 400 g/mol. The van der Waals surface area contributed by atoms with E-state index >= 15 is 0 Å². The van der Waals surface area contributed by atoms with Gasteiger partial charge in [0.05, 0.1) is 17.2 Å². The van der Waals surface area contributed by atoms with Crippen LogP contribution in [0.25, 0.3) is 5.69 Å². The number of hydrogen-bond donors (Lipinski definition) is 1. The number of benzene rings is 1. The Labute approximate surface area is 175 Å². The Balaban J connectivity index is 1.61. The van der Waals surface area contributed by atoms with Gasteiger partial charge < -0.3 is 15.0 Å². The van der Waals surface area contributed by atoms with Crippen molar-refractivity contribution in [2.24, 2.45) is 12.8 Å². The van der Waals surface area contributed by atoms with Gasteiger partial charge in [-0.3, -0.25) is 0 Å². The summed E-state index contributed by atoms with van der Waals surface area (Å²) in [5.74, 6) is 2.32.